The molecule has 34 heavy (non-hydrogen) atoms. The minimum atomic E-state index is -0.279. The van der Waals surface area contributed by atoms with Crippen molar-refractivity contribution >= 4 is 57.6 Å². The van der Waals surface area contributed by atoms with Gasteiger partial charge in [-0.15, -0.1) is 5.10 Å². The maximum absolute atomic E-state index is 12.9. The van der Waals surface area contributed by atoms with Gasteiger partial charge in [0.05, 0.1) is 28.3 Å². The summed E-state index contributed by atoms with van der Waals surface area (Å²) in [5.74, 6) is 0.325. The van der Waals surface area contributed by atoms with Crippen LogP contribution in [0.2, 0.25) is 15.1 Å². The van der Waals surface area contributed by atoms with E-state index in [1.165, 1.54) is 6.33 Å². The Bertz CT molecular complexity index is 1330. The number of aromatic nitrogens is 5. The predicted octanol–water partition coefficient (Wildman–Crippen LogP) is 5.05. The van der Waals surface area contributed by atoms with Gasteiger partial charge in [-0.25, -0.2) is 14.6 Å². The number of anilines is 1. The molecule has 5 rings (SSSR count). The highest BCUT2D eigenvalue weighted by atomic mass is 35.5. The average Bonchev–Trinajstić information content (AvgIpc) is 3.48. The van der Waals surface area contributed by atoms with Crippen LogP contribution in [0, 0.1) is 0 Å². The van der Waals surface area contributed by atoms with Crippen LogP contribution in [0.1, 0.15) is 34.3 Å². The van der Waals surface area contributed by atoms with Crippen LogP contribution < -0.4 is 5.32 Å². The fourth-order valence-corrected chi connectivity index (χ4v) is 4.73. The van der Waals surface area contributed by atoms with Gasteiger partial charge in [0, 0.05) is 23.7 Å². The molecule has 174 valence electrons. The molecule has 0 radical (unpaired) electrons. The van der Waals surface area contributed by atoms with Crippen LogP contribution in [0.4, 0.5) is 5.82 Å². The monoisotopic (exact) mass is 516 g/mol. The number of halogens is 3. The molecule has 3 heterocycles. The van der Waals surface area contributed by atoms with E-state index < -0.39 is 0 Å². The summed E-state index contributed by atoms with van der Waals surface area (Å²) in [6, 6.07) is 9.96. The fourth-order valence-electron chi connectivity index (χ4n) is 3.90. The molecular weight excluding hydrogens is 499 g/mol. The molecule has 2 aromatic heterocycles. The first-order valence-electron chi connectivity index (χ1n) is 10.7. The van der Waals surface area contributed by atoms with Gasteiger partial charge in [-0.3, -0.25) is 4.79 Å². The number of ketones is 1. The van der Waals surface area contributed by atoms with Gasteiger partial charge in [0.15, 0.2) is 22.8 Å². The Hall–Kier alpha value is -2.78. The summed E-state index contributed by atoms with van der Waals surface area (Å²) in [5.41, 5.74) is 2.57. The second-order valence-electron chi connectivity index (χ2n) is 7.93. The van der Waals surface area contributed by atoms with Crippen LogP contribution in [-0.4, -0.2) is 50.0 Å². The molecule has 2 aromatic carbocycles. The molecule has 1 unspecified atom stereocenters. The number of carbonyl (C=O) groups is 1. The third kappa shape index (κ3) is 4.72. The maximum atomic E-state index is 12.9. The molecular formula is C23H19Cl3N6O2. The lowest BCUT2D eigenvalue weighted by molar-refractivity contribution is 0.103. The van der Waals surface area contributed by atoms with Gasteiger partial charge in [0.2, 0.25) is 0 Å². The second-order valence-corrected chi connectivity index (χ2v) is 9.18. The number of ether oxygens (including phenoxy) is 1. The predicted molar refractivity (Wildman–Crippen MR) is 131 cm³/mol. The lowest BCUT2D eigenvalue weighted by Gasteiger charge is -2.11. The highest BCUT2D eigenvalue weighted by Crippen LogP contribution is 2.30. The molecule has 0 spiro atoms. The van der Waals surface area contributed by atoms with Gasteiger partial charge in [0.1, 0.15) is 6.33 Å². The standard InChI is InChI=1S/C23H19Cl3N6O2/c24-15-5-3-14(4-6-15)21(33)19-17(25)8-13(9-18(19)26)11-32-23-20(30-31-32)22(28-12-29-23)27-10-16-2-1-7-34-16/h3-6,8-9,12,16H,1-2,7,10-11H2,(H,27,28,29). The third-order valence-electron chi connectivity index (χ3n) is 5.59. The van der Waals surface area contributed by atoms with Crippen molar-refractivity contribution in [2.45, 2.75) is 25.5 Å². The Morgan fingerprint density at radius 1 is 1.12 bits per heavy atom. The molecule has 0 aliphatic carbocycles. The summed E-state index contributed by atoms with van der Waals surface area (Å²) < 4.78 is 7.29. The topological polar surface area (TPSA) is 94.8 Å². The molecule has 1 fully saturated rings. The summed E-state index contributed by atoms with van der Waals surface area (Å²) in [6.07, 6.45) is 3.72. The molecule has 0 saturated carbocycles. The van der Waals surface area contributed by atoms with E-state index in [2.05, 4.69) is 25.6 Å². The van der Waals surface area contributed by atoms with Gasteiger partial charge in [-0.05, 0) is 54.8 Å². The van der Waals surface area contributed by atoms with E-state index in [0.717, 1.165) is 25.0 Å². The van der Waals surface area contributed by atoms with E-state index >= 15 is 0 Å². The summed E-state index contributed by atoms with van der Waals surface area (Å²) in [6.45, 7) is 1.75. The van der Waals surface area contributed by atoms with Crippen molar-refractivity contribution in [1.29, 1.82) is 0 Å². The molecule has 1 aliphatic heterocycles. The Balaban J connectivity index is 1.38. The fraction of sp³-hybridized carbons (Fsp3) is 0.261. The first kappa shape index (κ1) is 23.0. The molecule has 0 bridgehead atoms. The van der Waals surface area contributed by atoms with Crippen molar-refractivity contribution in [2.75, 3.05) is 18.5 Å². The lowest BCUT2D eigenvalue weighted by atomic mass is 10.0. The minimum Gasteiger partial charge on any atom is -0.376 e. The van der Waals surface area contributed by atoms with Crippen LogP contribution in [-0.2, 0) is 11.3 Å². The van der Waals surface area contributed by atoms with Crippen LogP contribution in [0.5, 0.6) is 0 Å². The average molecular weight is 518 g/mol. The molecule has 8 nitrogen and oxygen atoms in total. The molecule has 4 aromatic rings. The van der Waals surface area contributed by atoms with Gasteiger partial charge >= 0.3 is 0 Å². The molecule has 11 heteroatoms. The number of nitrogens with one attached hydrogen (secondary N) is 1. The summed E-state index contributed by atoms with van der Waals surface area (Å²) >= 11 is 18.9. The second kappa shape index (κ2) is 9.84. The summed E-state index contributed by atoms with van der Waals surface area (Å²) in [7, 11) is 0. The number of hydrogen-bond acceptors (Lipinski definition) is 7. The first-order chi connectivity index (χ1) is 16.5. The zero-order valence-corrected chi connectivity index (χ0v) is 20.1. The van der Waals surface area contributed by atoms with E-state index in [1.807, 2.05) is 0 Å². The molecule has 0 amide bonds. The SMILES string of the molecule is O=C(c1ccc(Cl)cc1)c1c(Cl)cc(Cn2nnc3c(NCC4CCCO4)ncnc32)cc1Cl. The molecule has 1 N–H and O–H groups in total. The normalized spacial score (nSPS) is 15.7. The van der Waals surface area contributed by atoms with E-state index in [4.69, 9.17) is 39.5 Å². The Labute approximate surface area is 210 Å². The number of carbonyl (C=O) groups excluding carboxylic acids is 1. The minimum absolute atomic E-state index is 0.165. The lowest BCUT2D eigenvalue weighted by Crippen LogP contribution is -2.19. The Morgan fingerprint density at radius 2 is 1.88 bits per heavy atom. The molecule has 1 aliphatic rings. The summed E-state index contributed by atoms with van der Waals surface area (Å²) in [4.78, 5) is 21.6. The largest absolute Gasteiger partial charge is 0.376 e. The Morgan fingerprint density at radius 3 is 2.59 bits per heavy atom. The highest BCUT2D eigenvalue weighted by Gasteiger charge is 2.20. The van der Waals surface area contributed by atoms with E-state index in [1.54, 1.807) is 41.1 Å². The number of hydrogen-bond donors (Lipinski definition) is 1. The molecule has 1 saturated heterocycles. The quantitative estimate of drug-likeness (QED) is 0.343. The van der Waals surface area contributed by atoms with E-state index in [9.17, 15) is 4.79 Å². The van der Waals surface area contributed by atoms with Gasteiger partial charge in [0.25, 0.3) is 0 Å². The smallest absolute Gasteiger partial charge is 0.196 e. The van der Waals surface area contributed by atoms with Gasteiger partial charge in [-0.2, -0.15) is 0 Å². The van der Waals surface area contributed by atoms with E-state index in [0.29, 0.717) is 40.7 Å². The van der Waals surface area contributed by atoms with Crippen molar-refractivity contribution in [3.63, 3.8) is 0 Å². The van der Waals surface area contributed by atoms with Crippen molar-refractivity contribution in [3.8, 4) is 0 Å². The van der Waals surface area contributed by atoms with Gasteiger partial charge < -0.3 is 10.1 Å². The van der Waals surface area contributed by atoms with Crippen LogP contribution in [0.3, 0.4) is 0 Å². The highest BCUT2D eigenvalue weighted by molar-refractivity contribution is 6.41. The Kier molecular flexibility index (Phi) is 6.65. The third-order valence-corrected chi connectivity index (χ3v) is 6.44. The van der Waals surface area contributed by atoms with Crippen LogP contribution >= 0.6 is 34.8 Å². The van der Waals surface area contributed by atoms with Crippen molar-refractivity contribution < 1.29 is 9.53 Å². The van der Waals surface area contributed by atoms with Crippen LogP contribution in [0.15, 0.2) is 42.7 Å². The van der Waals surface area contributed by atoms with Crippen molar-refractivity contribution in [1.82, 2.24) is 25.0 Å². The van der Waals surface area contributed by atoms with Crippen LogP contribution in [0.25, 0.3) is 11.2 Å². The number of rotatable bonds is 7. The van der Waals surface area contributed by atoms with Crippen molar-refractivity contribution in [3.05, 3.63) is 74.5 Å². The van der Waals surface area contributed by atoms with Crippen molar-refractivity contribution in [2.24, 2.45) is 0 Å². The van der Waals surface area contributed by atoms with Gasteiger partial charge in [-0.1, -0.05) is 40.0 Å². The zero-order chi connectivity index (χ0) is 23.7. The number of fused-ring (bicyclic) bond motifs is 1. The first-order valence-corrected chi connectivity index (χ1v) is 11.8. The number of nitrogens with zero attached hydrogens (tertiary/aromatic N) is 5. The molecule has 1 atom stereocenters. The summed E-state index contributed by atoms with van der Waals surface area (Å²) in [5, 5.41) is 12.8. The van der Waals surface area contributed by atoms with E-state index in [-0.39, 0.29) is 27.5 Å². The zero-order valence-electron chi connectivity index (χ0n) is 17.8. The maximum Gasteiger partial charge on any atom is 0.196 e. The number of benzene rings is 2.